The van der Waals surface area contributed by atoms with Gasteiger partial charge in [-0.15, -0.1) is 11.3 Å². The Morgan fingerprint density at radius 2 is 1.98 bits per heavy atom. The minimum Gasteiger partial charge on any atom is -0.324 e. The lowest BCUT2D eigenvalue weighted by Crippen LogP contribution is -2.57. The number of aromatic nitrogens is 1. The third-order valence-corrected chi connectivity index (χ3v) is 11.0. The Morgan fingerprint density at radius 3 is 2.67 bits per heavy atom. The molecule has 1 amide bonds. The summed E-state index contributed by atoms with van der Waals surface area (Å²) >= 11 is 6.39. The van der Waals surface area contributed by atoms with E-state index in [2.05, 4.69) is 15.6 Å². The molecule has 2 aliphatic rings. The van der Waals surface area contributed by atoms with Crippen molar-refractivity contribution in [3.63, 3.8) is 0 Å². The van der Waals surface area contributed by atoms with E-state index in [0.717, 1.165) is 6.42 Å². The van der Waals surface area contributed by atoms with E-state index in [1.54, 1.807) is 12.1 Å². The fourth-order valence-corrected chi connectivity index (χ4v) is 8.30. The zero-order chi connectivity index (χ0) is 30.9. The van der Waals surface area contributed by atoms with Gasteiger partial charge in [0.2, 0.25) is 15.9 Å². The molecule has 2 fully saturated rings. The lowest BCUT2D eigenvalue weighted by atomic mass is 9.88. The maximum Gasteiger partial charge on any atom is 0.443 e. The number of nitrogens with two attached hydrogens (primary N) is 1. The number of hydrogen-bond donors (Lipinski definition) is 3. The van der Waals surface area contributed by atoms with Gasteiger partial charge in [0.1, 0.15) is 5.82 Å². The molecule has 2 aliphatic heterocycles. The molecule has 15 heteroatoms. The Bertz CT molecular complexity index is 1570. The number of hydrogen-bond acceptors (Lipinski definition) is 7. The number of thiazole rings is 1. The van der Waals surface area contributed by atoms with Crippen LogP contribution in [0.4, 0.5) is 23.2 Å². The molecule has 232 valence electrons. The smallest absolute Gasteiger partial charge is 0.324 e. The zero-order valence-electron chi connectivity index (χ0n) is 22.8. The number of rotatable bonds is 8. The molecule has 3 aromatic rings. The first-order valence-electron chi connectivity index (χ1n) is 13.7. The highest BCUT2D eigenvalue weighted by Crippen LogP contribution is 2.36. The Balaban J connectivity index is 1.37. The highest BCUT2D eigenvalue weighted by atomic mass is 35.5. The predicted molar refractivity (Wildman–Crippen MR) is 157 cm³/mol. The molecule has 3 heterocycles. The molecule has 8 nitrogen and oxygen atoms in total. The second kappa shape index (κ2) is 12.8. The van der Waals surface area contributed by atoms with Gasteiger partial charge >= 0.3 is 6.18 Å². The van der Waals surface area contributed by atoms with Gasteiger partial charge in [0.25, 0.3) is 0 Å². The molecule has 5 atom stereocenters. The largest absolute Gasteiger partial charge is 0.443 e. The van der Waals surface area contributed by atoms with Gasteiger partial charge in [-0.1, -0.05) is 29.8 Å². The molecule has 2 aromatic carbocycles. The molecular weight excluding hydrogens is 630 g/mol. The van der Waals surface area contributed by atoms with Crippen molar-refractivity contribution < 1.29 is 30.8 Å². The van der Waals surface area contributed by atoms with Crippen molar-refractivity contribution in [1.82, 2.24) is 14.6 Å². The Kier molecular flexibility index (Phi) is 9.45. The maximum atomic E-state index is 15.1. The van der Waals surface area contributed by atoms with Crippen LogP contribution in [0.2, 0.25) is 5.02 Å². The molecule has 2 saturated heterocycles. The second-order valence-corrected chi connectivity index (χ2v) is 14.0. The van der Waals surface area contributed by atoms with Gasteiger partial charge < -0.3 is 16.4 Å². The summed E-state index contributed by atoms with van der Waals surface area (Å²) in [5.74, 6) is -2.34. The monoisotopic (exact) mass is 659 g/mol. The molecule has 0 radical (unpaired) electrons. The van der Waals surface area contributed by atoms with Crippen molar-refractivity contribution in [3.05, 3.63) is 80.5 Å². The van der Waals surface area contributed by atoms with Gasteiger partial charge in [-0.2, -0.15) is 17.5 Å². The number of carbonyl (C=O) groups is 1. The van der Waals surface area contributed by atoms with E-state index in [0.29, 0.717) is 47.9 Å². The lowest BCUT2D eigenvalue weighted by molar-refractivity contribution is -0.137. The van der Waals surface area contributed by atoms with E-state index in [1.165, 1.54) is 40.0 Å². The Labute approximate surface area is 255 Å². The summed E-state index contributed by atoms with van der Waals surface area (Å²) in [7, 11) is -3.44. The molecule has 0 aliphatic carbocycles. The van der Waals surface area contributed by atoms with Gasteiger partial charge in [0, 0.05) is 46.8 Å². The van der Waals surface area contributed by atoms with Crippen LogP contribution in [0.15, 0.2) is 47.8 Å². The summed E-state index contributed by atoms with van der Waals surface area (Å²) in [4.78, 5) is 17.2. The number of anilines is 1. The standard InChI is InChI=1S/C28H30ClF4N5O3S2/c29-17-8-6-16(7-9-17)24(23-15-42-27(37-23)28(31,32)33)25(34)26(39)36-22-5-1-4-21(30)20(22)11-10-19-13-35-18-3-2-12-43(40,41)38(19)14-18/h1,4-9,15,18-19,24-25,35H,2-3,10-14,34H2,(H,36,39)/t18-,19+,24?,25?/m1/s1. The van der Waals surface area contributed by atoms with Crippen molar-refractivity contribution in [2.45, 2.75) is 55.9 Å². The fourth-order valence-electron chi connectivity index (χ4n) is 5.64. The third kappa shape index (κ3) is 7.21. The van der Waals surface area contributed by atoms with E-state index in [4.69, 9.17) is 17.3 Å². The third-order valence-electron chi connectivity index (χ3n) is 7.84. The van der Waals surface area contributed by atoms with Crippen LogP contribution in [0.5, 0.6) is 0 Å². The molecule has 0 spiro atoms. The van der Waals surface area contributed by atoms with Gasteiger partial charge in [-0.25, -0.2) is 17.8 Å². The molecular formula is C28H30ClF4N5O3S2. The Morgan fingerprint density at radius 1 is 1.23 bits per heavy atom. The van der Waals surface area contributed by atoms with Gasteiger partial charge in [-0.05, 0) is 55.5 Å². The first-order chi connectivity index (χ1) is 20.3. The number of halogens is 5. The van der Waals surface area contributed by atoms with Crippen LogP contribution in [-0.4, -0.2) is 60.6 Å². The zero-order valence-corrected chi connectivity index (χ0v) is 25.2. The average molecular weight is 660 g/mol. The summed E-state index contributed by atoms with van der Waals surface area (Å²) in [6, 6.07) is 8.63. The summed E-state index contributed by atoms with van der Waals surface area (Å²) in [6.07, 6.45) is -2.90. The normalized spacial score (nSPS) is 23.3. The topological polar surface area (TPSA) is 117 Å². The minimum absolute atomic E-state index is 0.0384. The highest BCUT2D eigenvalue weighted by molar-refractivity contribution is 7.89. The van der Waals surface area contributed by atoms with E-state index in [9.17, 15) is 26.4 Å². The predicted octanol–water partition coefficient (Wildman–Crippen LogP) is 4.75. The number of nitrogens with one attached hydrogen (secondary N) is 2. The van der Waals surface area contributed by atoms with Crippen LogP contribution in [0.25, 0.3) is 0 Å². The van der Waals surface area contributed by atoms with Crippen LogP contribution in [0.1, 0.15) is 47.0 Å². The summed E-state index contributed by atoms with van der Waals surface area (Å²) < 4.78 is 82.3. The van der Waals surface area contributed by atoms with Crippen LogP contribution < -0.4 is 16.4 Å². The molecule has 0 saturated carbocycles. The van der Waals surface area contributed by atoms with Crippen molar-refractivity contribution in [2.24, 2.45) is 5.73 Å². The van der Waals surface area contributed by atoms with E-state index in [-0.39, 0.29) is 41.2 Å². The maximum absolute atomic E-state index is 15.1. The highest BCUT2D eigenvalue weighted by Gasteiger charge is 2.39. The van der Waals surface area contributed by atoms with Crippen LogP contribution >= 0.6 is 22.9 Å². The summed E-state index contributed by atoms with van der Waals surface area (Å²) in [6.45, 7) is 0.794. The quantitative estimate of drug-likeness (QED) is 0.301. The van der Waals surface area contributed by atoms with Crippen LogP contribution in [0.3, 0.4) is 0 Å². The fraction of sp³-hybridized carbons (Fsp3) is 0.429. The van der Waals surface area contributed by atoms with E-state index >= 15 is 4.39 Å². The van der Waals surface area contributed by atoms with Crippen LogP contribution in [-0.2, 0) is 27.4 Å². The minimum atomic E-state index is -4.67. The molecule has 3 unspecified atom stereocenters. The number of sulfonamides is 1. The molecule has 1 aromatic heterocycles. The van der Waals surface area contributed by atoms with Gasteiger partial charge in [0.15, 0.2) is 5.01 Å². The van der Waals surface area contributed by atoms with E-state index < -0.39 is 44.9 Å². The molecule has 5 rings (SSSR count). The first kappa shape index (κ1) is 31.8. The number of carbonyl (C=O) groups excluding carboxylic acids is 1. The number of benzene rings is 2. The lowest BCUT2D eigenvalue weighted by Gasteiger charge is -2.37. The van der Waals surface area contributed by atoms with Crippen molar-refractivity contribution in [3.8, 4) is 0 Å². The second-order valence-electron chi connectivity index (χ2n) is 10.7. The summed E-state index contributed by atoms with van der Waals surface area (Å²) in [5, 5.41) is 6.56. The number of nitrogens with zero attached hydrogens (tertiary/aromatic N) is 2. The van der Waals surface area contributed by atoms with Crippen molar-refractivity contribution in [1.29, 1.82) is 0 Å². The molecule has 43 heavy (non-hydrogen) atoms. The van der Waals surface area contributed by atoms with Gasteiger partial charge in [0.05, 0.1) is 23.4 Å². The Hall–Kier alpha value is -2.62. The first-order valence-corrected chi connectivity index (χ1v) is 16.5. The molecule has 4 N–H and O–H groups in total. The SMILES string of the molecule is NC(C(=O)Nc1cccc(F)c1CC[C@H]1CN[C@@H]2CCCS(=O)(=O)N1C2)C(c1ccc(Cl)cc1)c1csc(C(F)(F)F)n1. The average Bonchev–Trinajstić information content (AvgIpc) is 3.41. The van der Waals surface area contributed by atoms with Crippen molar-refractivity contribution in [2.75, 3.05) is 24.2 Å². The van der Waals surface area contributed by atoms with Gasteiger partial charge in [-0.3, -0.25) is 4.79 Å². The van der Waals surface area contributed by atoms with Crippen LogP contribution in [0, 0.1) is 5.82 Å². The van der Waals surface area contributed by atoms with E-state index in [1.807, 2.05) is 0 Å². The number of alkyl halides is 3. The molecule has 2 bridgehead atoms. The number of fused-ring (bicyclic) bond motifs is 2. The number of piperazine rings is 1. The van der Waals surface area contributed by atoms with Crippen molar-refractivity contribution >= 4 is 44.6 Å². The summed E-state index contributed by atoms with van der Waals surface area (Å²) in [5.41, 5.74) is 7.07. The number of amides is 1.